The number of halogens is 1. The number of allylic oxidation sites excluding steroid dienone is 2. The molecule has 19 heavy (non-hydrogen) atoms. The van der Waals surface area contributed by atoms with Crippen molar-refractivity contribution in [1.29, 1.82) is 0 Å². The predicted octanol–water partition coefficient (Wildman–Crippen LogP) is 3.85. The van der Waals surface area contributed by atoms with E-state index < -0.39 is 5.97 Å². The van der Waals surface area contributed by atoms with E-state index in [0.717, 1.165) is 28.1 Å². The van der Waals surface area contributed by atoms with Crippen molar-refractivity contribution in [3.8, 4) is 0 Å². The van der Waals surface area contributed by atoms with Crippen LogP contribution in [0.3, 0.4) is 0 Å². The SMILES string of the molecule is Cc1cccc2cc(C=CC=CC(=O)O)c(Cl)nc12. The number of pyridine rings is 1. The zero-order valence-electron chi connectivity index (χ0n) is 10.3. The maximum Gasteiger partial charge on any atom is 0.328 e. The third-order valence-electron chi connectivity index (χ3n) is 2.65. The Hall–Kier alpha value is -2.13. The van der Waals surface area contributed by atoms with E-state index in [1.807, 2.05) is 31.2 Å². The highest BCUT2D eigenvalue weighted by molar-refractivity contribution is 6.31. The summed E-state index contributed by atoms with van der Waals surface area (Å²) in [6.45, 7) is 1.98. The third-order valence-corrected chi connectivity index (χ3v) is 2.96. The molecule has 2 aromatic rings. The first-order chi connectivity index (χ1) is 9.08. The fraction of sp³-hybridized carbons (Fsp3) is 0.0667. The van der Waals surface area contributed by atoms with E-state index >= 15 is 0 Å². The zero-order chi connectivity index (χ0) is 13.8. The quantitative estimate of drug-likeness (QED) is 0.525. The molecule has 0 amide bonds. The topological polar surface area (TPSA) is 50.2 Å². The van der Waals surface area contributed by atoms with Gasteiger partial charge in [-0.15, -0.1) is 0 Å². The molecule has 4 heteroatoms. The Morgan fingerprint density at radius 2 is 2.16 bits per heavy atom. The lowest BCUT2D eigenvalue weighted by Gasteiger charge is -2.04. The Morgan fingerprint density at radius 1 is 1.37 bits per heavy atom. The van der Waals surface area contributed by atoms with Crippen molar-refractivity contribution in [2.75, 3.05) is 0 Å². The highest BCUT2D eigenvalue weighted by atomic mass is 35.5. The lowest BCUT2D eigenvalue weighted by Crippen LogP contribution is -1.87. The Morgan fingerprint density at radius 3 is 2.89 bits per heavy atom. The lowest BCUT2D eigenvalue weighted by molar-refractivity contribution is -0.131. The summed E-state index contributed by atoms with van der Waals surface area (Å²) in [6.07, 6.45) is 5.86. The van der Waals surface area contributed by atoms with Crippen LogP contribution in [0.1, 0.15) is 11.1 Å². The minimum atomic E-state index is -0.983. The van der Waals surface area contributed by atoms with Gasteiger partial charge in [-0.2, -0.15) is 0 Å². The van der Waals surface area contributed by atoms with Gasteiger partial charge in [-0.1, -0.05) is 48.0 Å². The van der Waals surface area contributed by atoms with Crippen LogP contribution in [-0.2, 0) is 4.79 Å². The normalized spacial score (nSPS) is 11.7. The van der Waals surface area contributed by atoms with Gasteiger partial charge >= 0.3 is 5.97 Å². The predicted molar refractivity (Wildman–Crippen MR) is 77.3 cm³/mol. The fourth-order valence-electron chi connectivity index (χ4n) is 1.75. The van der Waals surface area contributed by atoms with Gasteiger partial charge in [0.1, 0.15) is 5.15 Å². The number of rotatable bonds is 3. The summed E-state index contributed by atoms with van der Waals surface area (Å²) < 4.78 is 0. The van der Waals surface area contributed by atoms with Gasteiger partial charge in [0.15, 0.2) is 0 Å². The van der Waals surface area contributed by atoms with Gasteiger partial charge < -0.3 is 5.11 Å². The maximum atomic E-state index is 10.3. The standard InChI is InChI=1S/C15H12ClNO2/c1-10-5-4-7-11-9-12(15(16)17-14(10)11)6-2-3-8-13(18)19/h2-9H,1H3,(H,18,19). The Labute approximate surface area is 115 Å². The molecule has 3 nitrogen and oxygen atoms in total. The molecule has 0 saturated heterocycles. The number of hydrogen-bond donors (Lipinski definition) is 1. The number of carboxylic acids is 1. The van der Waals surface area contributed by atoms with Crippen molar-refractivity contribution in [2.45, 2.75) is 6.92 Å². The summed E-state index contributed by atoms with van der Waals surface area (Å²) in [5, 5.41) is 9.89. The van der Waals surface area contributed by atoms with Crippen LogP contribution in [0.5, 0.6) is 0 Å². The molecule has 96 valence electrons. The number of aromatic nitrogens is 1. The summed E-state index contributed by atoms with van der Waals surface area (Å²) in [6, 6.07) is 7.85. The van der Waals surface area contributed by atoms with E-state index in [0.29, 0.717) is 5.15 Å². The van der Waals surface area contributed by atoms with Gasteiger partial charge in [0, 0.05) is 17.0 Å². The smallest absolute Gasteiger partial charge is 0.328 e. The molecule has 0 aliphatic rings. The van der Waals surface area contributed by atoms with Crippen LogP contribution in [0.15, 0.2) is 42.5 Å². The molecule has 0 spiro atoms. The number of benzene rings is 1. The molecular formula is C15H12ClNO2. The summed E-state index contributed by atoms with van der Waals surface area (Å²) >= 11 is 6.11. The van der Waals surface area contributed by atoms with E-state index in [-0.39, 0.29) is 0 Å². The van der Waals surface area contributed by atoms with Gasteiger partial charge in [0.2, 0.25) is 0 Å². The van der Waals surface area contributed by atoms with Gasteiger partial charge in [0.05, 0.1) is 5.52 Å². The van der Waals surface area contributed by atoms with Crippen LogP contribution < -0.4 is 0 Å². The first kappa shape index (κ1) is 13.3. The number of fused-ring (bicyclic) bond motifs is 1. The van der Waals surface area contributed by atoms with Crippen molar-refractivity contribution >= 4 is 34.5 Å². The molecule has 0 aliphatic carbocycles. The molecule has 0 saturated carbocycles. The summed E-state index contributed by atoms with van der Waals surface area (Å²) in [4.78, 5) is 14.7. The molecular weight excluding hydrogens is 262 g/mol. The number of carboxylic acid groups (broad SMARTS) is 1. The second-order valence-electron chi connectivity index (χ2n) is 4.07. The van der Waals surface area contributed by atoms with E-state index in [1.165, 1.54) is 6.08 Å². The summed E-state index contributed by atoms with van der Waals surface area (Å²) in [7, 11) is 0. The average molecular weight is 274 g/mol. The average Bonchev–Trinajstić information content (AvgIpc) is 2.36. The molecule has 0 atom stereocenters. The molecule has 1 N–H and O–H groups in total. The van der Waals surface area contributed by atoms with Crippen molar-refractivity contribution < 1.29 is 9.90 Å². The number of para-hydroxylation sites is 1. The van der Waals surface area contributed by atoms with E-state index in [4.69, 9.17) is 16.7 Å². The second kappa shape index (κ2) is 5.67. The van der Waals surface area contributed by atoms with Crippen molar-refractivity contribution in [1.82, 2.24) is 4.98 Å². The summed E-state index contributed by atoms with van der Waals surface area (Å²) in [5.41, 5.74) is 2.71. The number of aryl methyl sites for hydroxylation is 1. The monoisotopic (exact) mass is 273 g/mol. The zero-order valence-corrected chi connectivity index (χ0v) is 11.1. The summed E-state index contributed by atoms with van der Waals surface area (Å²) in [5.74, 6) is -0.983. The molecule has 0 fully saturated rings. The van der Waals surface area contributed by atoms with Crippen molar-refractivity contribution in [3.63, 3.8) is 0 Å². The molecule has 1 heterocycles. The third kappa shape index (κ3) is 3.20. The molecule has 0 unspecified atom stereocenters. The Bertz CT molecular complexity index is 690. The number of hydrogen-bond acceptors (Lipinski definition) is 2. The minimum absolute atomic E-state index is 0.404. The Balaban J connectivity index is 2.39. The molecule has 0 radical (unpaired) electrons. The van der Waals surface area contributed by atoms with Crippen LogP contribution in [-0.4, -0.2) is 16.1 Å². The molecule has 0 bridgehead atoms. The van der Waals surface area contributed by atoms with Gasteiger partial charge in [-0.05, 0) is 18.6 Å². The van der Waals surface area contributed by atoms with Crippen LogP contribution in [0, 0.1) is 6.92 Å². The highest BCUT2D eigenvalue weighted by Crippen LogP contribution is 2.23. The molecule has 1 aromatic heterocycles. The maximum absolute atomic E-state index is 10.3. The lowest BCUT2D eigenvalue weighted by atomic mass is 10.1. The van der Waals surface area contributed by atoms with Crippen LogP contribution in [0.4, 0.5) is 0 Å². The number of nitrogens with zero attached hydrogens (tertiary/aromatic N) is 1. The van der Waals surface area contributed by atoms with Crippen LogP contribution in [0.2, 0.25) is 5.15 Å². The van der Waals surface area contributed by atoms with Crippen LogP contribution >= 0.6 is 11.6 Å². The number of carbonyl (C=O) groups is 1. The first-order valence-corrected chi connectivity index (χ1v) is 6.09. The van der Waals surface area contributed by atoms with Crippen molar-refractivity contribution in [3.05, 3.63) is 58.8 Å². The molecule has 1 aromatic carbocycles. The largest absolute Gasteiger partial charge is 0.478 e. The van der Waals surface area contributed by atoms with E-state index in [2.05, 4.69) is 4.98 Å². The van der Waals surface area contributed by atoms with Crippen LogP contribution in [0.25, 0.3) is 17.0 Å². The van der Waals surface area contributed by atoms with Crippen molar-refractivity contribution in [2.24, 2.45) is 0 Å². The minimum Gasteiger partial charge on any atom is -0.478 e. The van der Waals surface area contributed by atoms with E-state index in [1.54, 1.807) is 12.2 Å². The van der Waals surface area contributed by atoms with Gasteiger partial charge in [-0.3, -0.25) is 0 Å². The number of aliphatic carboxylic acids is 1. The first-order valence-electron chi connectivity index (χ1n) is 5.71. The fourth-order valence-corrected chi connectivity index (χ4v) is 1.96. The van der Waals surface area contributed by atoms with E-state index in [9.17, 15) is 4.79 Å². The van der Waals surface area contributed by atoms with Gasteiger partial charge in [0.25, 0.3) is 0 Å². The molecule has 2 rings (SSSR count). The highest BCUT2D eigenvalue weighted by Gasteiger charge is 2.03. The molecule has 0 aliphatic heterocycles. The second-order valence-corrected chi connectivity index (χ2v) is 4.43. The van der Waals surface area contributed by atoms with Gasteiger partial charge in [-0.25, -0.2) is 9.78 Å². The Kier molecular flexibility index (Phi) is 3.97.